The molecule has 0 aromatic carbocycles. The smallest absolute Gasteiger partial charge is 0.274 e. The lowest BCUT2D eigenvalue weighted by atomic mass is 9.97. The average Bonchev–Trinajstić information content (AvgIpc) is 2.42. The van der Waals surface area contributed by atoms with E-state index in [-0.39, 0.29) is 11.6 Å². The molecule has 6 heteroatoms. The van der Waals surface area contributed by atoms with Crippen LogP contribution in [0.15, 0.2) is 12.1 Å². The Morgan fingerprint density at radius 1 is 1.53 bits per heavy atom. The number of anilines is 1. The molecule has 1 aromatic heterocycles. The highest BCUT2D eigenvalue weighted by Gasteiger charge is 2.25. The Morgan fingerprint density at radius 2 is 2.21 bits per heavy atom. The van der Waals surface area contributed by atoms with E-state index in [0.717, 1.165) is 19.4 Å². The molecule has 0 radical (unpaired) electrons. The second-order valence-corrected chi connectivity index (χ2v) is 5.16. The fourth-order valence-electron chi connectivity index (χ4n) is 2.30. The maximum Gasteiger partial charge on any atom is 0.274 e. The van der Waals surface area contributed by atoms with Gasteiger partial charge in [0.2, 0.25) is 0 Å². The summed E-state index contributed by atoms with van der Waals surface area (Å²) in [6.07, 6.45) is 1.89. The van der Waals surface area contributed by atoms with Crippen LogP contribution in [-0.2, 0) is 4.74 Å². The number of amides is 1. The molecule has 0 saturated carbocycles. The number of carbonyl (C=O) groups excluding carboxylic acids is 1. The summed E-state index contributed by atoms with van der Waals surface area (Å²) in [7, 11) is 1.70. The Bertz CT molecular complexity index is 459. The van der Waals surface area contributed by atoms with E-state index in [1.54, 1.807) is 24.1 Å². The molecular weight excluding hydrogens is 266 g/mol. The lowest BCUT2D eigenvalue weighted by Crippen LogP contribution is -2.39. The monoisotopic (exact) mass is 283 g/mol. The molecule has 19 heavy (non-hydrogen) atoms. The Labute approximate surface area is 117 Å². The molecule has 1 aliphatic heterocycles. The summed E-state index contributed by atoms with van der Waals surface area (Å²) >= 11 is 6.00. The number of rotatable bonds is 3. The zero-order valence-electron chi connectivity index (χ0n) is 10.9. The summed E-state index contributed by atoms with van der Waals surface area (Å²) < 4.78 is 5.14. The van der Waals surface area contributed by atoms with Crippen molar-refractivity contribution in [1.29, 1.82) is 0 Å². The van der Waals surface area contributed by atoms with Crippen molar-refractivity contribution in [1.82, 2.24) is 9.88 Å². The number of likely N-dealkylation sites (tertiary alicyclic amines) is 1. The molecule has 2 heterocycles. The van der Waals surface area contributed by atoms with Crippen LogP contribution in [0.2, 0.25) is 5.02 Å². The first-order valence-corrected chi connectivity index (χ1v) is 6.70. The number of piperidine rings is 1. The van der Waals surface area contributed by atoms with E-state index in [1.807, 2.05) is 0 Å². The molecule has 0 spiro atoms. The van der Waals surface area contributed by atoms with Gasteiger partial charge in [-0.3, -0.25) is 4.79 Å². The number of carbonyl (C=O) groups is 1. The van der Waals surface area contributed by atoms with Gasteiger partial charge in [-0.25, -0.2) is 4.98 Å². The van der Waals surface area contributed by atoms with Gasteiger partial charge in [0, 0.05) is 26.8 Å². The standard InChI is InChI=1S/C13H18ClN3O2/c1-19-8-9-4-6-17(7-5-9)13(18)12-10(14)2-3-11(15)16-12/h2-3,9H,4-8H2,1H3,(H2,15,16). The molecule has 0 aliphatic carbocycles. The summed E-state index contributed by atoms with van der Waals surface area (Å²) in [5.41, 5.74) is 5.84. The van der Waals surface area contributed by atoms with Gasteiger partial charge in [-0.05, 0) is 30.9 Å². The number of hydrogen-bond acceptors (Lipinski definition) is 4. The fraction of sp³-hybridized carbons (Fsp3) is 0.538. The first kappa shape index (κ1) is 14.1. The van der Waals surface area contributed by atoms with E-state index in [4.69, 9.17) is 22.1 Å². The maximum atomic E-state index is 12.3. The third kappa shape index (κ3) is 3.36. The SMILES string of the molecule is COCC1CCN(C(=O)c2nc(N)ccc2Cl)CC1. The third-order valence-corrected chi connectivity index (χ3v) is 3.68. The molecule has 1 saturated heterocycles. The lowest BCUT2D eigenvalue weighted by Gasteiger charge is -2.31. The fourth-order valence-corrected chi connectivity index (χ4v) is 2.48. The van der Waals surface area contributed by atoms with Gasteiger partial charge >= 0.3 is 0 Å². The van der Waals surface area contributed by atoms with Gasteiger partial charge in [-0.2, -0.15) is 0 Å². The van der Waals surface area contributed by atoms with E-state index in [0.29, 0.717) is 29.8 Å². The quantitative estimate of drug-likeness (QED) is 0.919. The minimum Gasteiger partial charge on any atom is -0.384 e. The average molecular weight is 284 g/mol. The summed E-state index contributed by atoms with van der Waals surface area (Å²) in [5.74, 6) is 0.688. The number of hydrogen-bond donors (Lipinski definition) is 1. The number of nitrogen functional groups attached to an aromatic ring is 1. The van der Waals surface area contributed by atoms with Crippen molar-refractivity contribution in [3.8, 4) is 0 Å². The normalized spacial score (nSPS) is 16.6. The topological polar surface area (TPSA) is 68.5 Å². The van der Waals surface area contributed by atoms with Gasteiger partial charge in [-0.15, -0.1) is 0 Å². The van der Waals surface area contributed by atoms with E-state index in [1.165, 1.54) is 0 Å². The number of aromatic nitrogens is 1. The van der Waals surface area contributed by atoms with Crippen LogP contribution in [0.25, 0.3) is 0 Å². The van der Waals surface area contributed by atoms with E-state index in [2.05, 4.69) is 4.98 Å². The van der Waals surface area contributed by atoms with Crippen LogP contribution in [0.4, 0.5) is 5.82 Å². The van der Waals surface area contributed by atoms with Crippen molar-refractivity contribution in [2.45, 2.75) is 12.8 Å². The van der Waals surface area contributed by atoms with Crippen molar-refractivity contribution in [3.05, 3.63) is 22.8 Å². The highest BCUT2D eigenvalue weighted by atomic mass is 35.5. The molecular formula is C13H18ClN3O2. The van der Waals surface area contributed by atoms with Gasteiger partial charge in [0.25, 0.3) is 5.91 Å². The second kappa shape index (κ2) is 6.21. The van der Waals surface area contributed by atoms with Crippen molar-refractivity contribution in [3.63, 3.8) is 0 Å². The molecule has 0 atom stereocenters. The lowest BCUT2D eigenvalue weighted by molar-refractivity contribution is 0.0608. The highest BCUT2D eigenvalue weighted by molar-refractivity contribution is 6.33. The molecule has 1 aromatic rings. The summed E-state index contributed by atoms with van der Waals surface area (Å²) in [6.45, 7) is 2.17. The molecule has 2 rings (SSSR count). The predicted molar refractivity (Wildman–Crippen MR) is 74.2 cm³/mol. The maximum absolute atomic E-state index is 12.3. The summed E-state index contributed by atoms with van der Waals surface area (Å²) in [6, 6.07) is 3.19. The second-order valence-electron chi connectivity index (χ2n) is 4.76. The molecule has 5 nitrogen and oxygen atoms in total. The van der Waals surface area contributed by atoms with Gasteiger partial charge < -0.3 is 15.4 Å². The molecule has 1 fully saturated rings. The van der Waals surface area contributed by atoms with Crippen LogP contribution in [0.3, 0.4) is 0 Å². The Kier molecular flexibility index (Phi) is 4.61. The molecule has 1 aliphatic rings. The number of pyridine rings is 1. The number of ether oxygens (including phenoxy) is 1. The van der Waals surface area contributed by atoms with Crippen LogP contribution < -0.4 is 5.73 Å². The minimum atomic E-state index is -0.145. The third-order valence-electron chi connectivity index (χ3n) is 3.37. The van der Waals surface area contributed by atoms with Gasteiger partial charge in [0.1, 0.15) is 11.5 Å². The molecule has 0 bridgehead atoms. The van der Waals surface area contributed by atoms with Crippen molar-refractivity contribution >= 4 is 23.3 Å². The number of methoxy groups -OCH3 is 1. The van der Waals surface area contributed by atoms with Crippen LogP contribution in [0.5, 0.6) is 0 Å². The van der Waals surface area contributed by atoms with Crippen molar-refractivity contribution in [2.75, 3.05) is 32.5 Å². The first-order valence-electron chi connectivity index (χ1n) is 6.32. The van der Waals surface area contributed by atoms with Gasteiger partial charge in [-0.1, -0.05) is 11.6 Å². The van der Waals surface area contributed by atoms with E-state index in [9.17, 15) is 4.79 Å². The zero-order chi connectivity index (χ0) is 13.8. The minimum absolute atomic E-state index is 0.145. The number of halogens is 1. The molecule has 1 amide bonds. The van der Waals surface area contributed by atoms with E-state index >= 15 is 0 Å². The largest absolute Gasteiger partial charge is 0.384 e. The van der Waals surface area contributed by atoms with Gasteiger partial charge in [0.15, 0.2) is 0 Å². The van der Waals surface area contributed by atoms with E-state index < -0.39 is 0 Å². The van der Waals surface area contributed by atoms with Gasteiger partial charge in [0.05, 0.1) is 5.02 Å². The van der Waals surface area contributed by atoms with Crippen LogP contribution in [0.1, 0.15) is 23.3 Å². The summed E-state index contributed by atoms with van der Waals surface area (Å²) in [4.78, 5) is 18.1. The highest BCUT2D eigenvalue weighted by Crippen LogP contribution is 2.22. The van der Waals surface area contributed by atoms with Crippen molar-refractivity contribution in [2.24, 2.45) is 5.92 Å². The van der Waals surface area contributed by atoms with Crippen LogP contribution in [-0.4, -0.2) is 42.6 Å². The Balaban J connectivity index is 2.03. The zero-order valence-corrected chi connectivity index (χ0v) is 11.7. The molecule has 2 N–H and O–H groups in total. The number of nitrogens with zero attached hydrogens (tertiary/aromatic N) is 2. The molecule has 0 unspecified atom stereocenters. The molecule has 104 valence electrons. The number of nitrogens with two attached hydrogens (primary N) is 1. The van der Waals surface area contributed by atoms with Crippen molar-refractivity contribution < 1.29 is 9.53 Å². The van der Waals surface area contributed by atoms with Crippen LogP contribution in [0, 0.1) is 5.92 Å². The Hall–Kier alpha value is -1.33. The van der Waals surface area contributed by atoms with Crippen LogP contribution >= 0.6 is 11.6 Å². The first-order chi connectivity index (χ1) is 9.11. The predicted octanol–water partition coefficient (Wildman–Crippen LogP) is 1.82. The summed E-state index contributed by atoms with van der Waals surface area (Å²) in [5, 5.41) is 0.346. The Morgan fingerprint density at radius 3 is 2.84 bits per heavy atom.